The van der Waals surface area contributed by atoms with E-state index in [1.807, 2.05) is 6.08 Å². The van der Waals surface area contributed by atoms with Gasteiger partial charge in [-0.15, -0.1) is 6.58 Å². The van der Waals surface area contributed by atoms with Crippen molar-refractivity contribution in [2.75, 3.05) is 13.1 Å². The SMILES string of the molecule is C=CCN(CC)C(N)C(C)C. The van der Waals surface area contributed by atoms with Gasteiger partial charge in [0.2, 0.25) is 0 Å². The Morgan fingerprint density at radius 3 is 2.36 bits per heavy atom. The van der Waals surface area contributed by atoms with E-state index < -0.39 is 0 Å². The van der Waals surface area contributed by atoms with E-state index in [1.54, 1.807) is 0 Å². The summed E-state index contributed by atoms with van der Waals surface area (Å²) >= 11 is 0. The minimum Gasteiger partial charge on any atom is -0.316 e. The van der Waals surface area contributed by atoms with Gasteiger partial charge in [-0.05, 0) is 12.5 Å². The number of hydrogen-bond acceptors (Lipinski definition) is 2. The normalized spacial score (nSPS) is 14.0. The topological polar surface area (TPSA) is 29.3 Å². The fourth-order valence-electron chi connectivity index (χ4n) is 1.05. The zero-order valence-corrected chi connectivity index (χ0v) is 7.88. The lowest BCUT2D eigenvalue weighted by atomic mass is 10.1. The van der Waals surface area contributed by atoms with Crippen LogP contribution in [0.4, 0.5) is 0 Å². The van der Waals surface area contributed by atoms with Crippen LogP contribution in [0.25, 0.3) is 0 Å². The van der Waals surface area contributed by atoms with E-state index in [4.69, 9.17) is 5.73 Å². The van der Waals surface area contributed by atoms with Crippen LogP contribution in [0.2, 0.25) is 0 Å². The summed E-state index contributed by atoms with van der Waals surface area (Å²) in [5, 5.41) is 0. The van der Waals surface area contributed by atoms with E-state index in [0.717, 1.165) is 13.1 Å². The van der Waals surface area contributed by atoms with Gasteiger partial charge in [-0.3, -0.25) is 4.90 Å². The van der Waals surface area contributed by atoms with Crippen molar-refractivity contribution in [3.05, 3.63) is 12.7 Å². The van der Waals surface area contributed by atoms with Gasteiger partial charge in [0, 0.05) is 6.54 Å². The van der Waals surface area contributed by atoms with E-state index in [9.17, 15) is 0 Å². The molecule has 0 amide bonds. The number of nitrogens with zero attached hydrogens (tertiary/aromatic N) is 1. The zero-order chi connectivity index (χ0) is 8.85. The zero-order valence-electron chi connectivity index (χ0n) is 7.88. The Morgan fingerprint density at radius 2 is 2.09 bits per heavy atom. The average Bonchev–Trinajstić information content (AvgIpc) is 1.98. The second kappa shape index (κ2) is 5.33. The maximum absolute atomic E-state index is 5.94. The van der Waals surface area contributed by atoms with Crippen LogP contribution >= 0.6 is 0 Å². The van der Waals surface area contributed by atoms with Crippen molar-refractivity contribution in [1.29, 1.82) is 0 Å². The predicted octanol–water partition coefficient (Wildman–Crippen LogP) is 1.44. The van der Waals surface area contributed by atoms with E-state index >= 15 is 0 Å². The molecule has 1 atom stereocenters. The molecule has 1 unspecified atom stereocenters. The van der Waals surface area contributed by atoms with Crippen molar-refractivity contribution < 1.29 is 0 Å². The van der Waals surface area contributed by atoms with Crippen LogP contribution < -0.4 is 5.73 Å². The molecule has 0 aliphatic carbocycles. The Labute approximate surface area is 70.1 Å². The second-order valence-electron chi connectivity index (χ2n) is 3.11. The highest BCUT2D eigenvalue weighted by Crippen LogP contribution is 2.04. The summed E-state index contributed by atoms with van der Waals surface area (Å²) in [6.45, 7) is 12.0. The first-order valence-electron chi connectivity index (χ1n) is 4.24. The quantitative estimate of drug-likeness (QED) is 0.482. The van der Waals surface area contributed by atoms with Crippen LogP contribution in [-0.4, -0.2) is 24.2 Å². The van der Waals surface area contributed by atoms with Crippen LogP contribution in [0.3, 0.4) is 0 Å². The molecule has 0 saturated heterocycles. The summed E-state index contributed by atoms with van der Waals surface area (Å²) in [5.74, 6) is 0.509. The summed E-state index contributed by atoms with van der Waals surface area (Å²) < 4.78 is 0. The smallest absolute Gasteiger partial charge is 0.0598 e. The molecule has 0 aliphatic heterocycles. The summed E-state index contributed by atoms with van der Waals surface area (Å²) in [5.41, 5.74) is 5.94. The van der Waals surface area contributed by atoms with Gasteiger partial charge in [0.05, 0.1) is 6.17 Å². The lowest BCUT2D eigenvalue weighted by molar-refractivity contribution is 0.185. The Hall–Kier alpha value is -0.340. The Balaban J connectivity index is 3.90. The molecule has 0 aromatic rings. The molecular weight excluding hydrogens is 136 g/mol. The van der Waals surface area contributed by atoms with Crippen LogP contribution in [0.1, 0.15) is 20.8 Å². The largest absolute Gasteiger partial charge is 0.316 e. The van der Waals surface area contributed by atoms with Crippen molar-refractivity contribution in [3.63, 3.8) is 0 Å². The van der Waals surface area contributed by atoms with E-state index in [-0.39, 0.29) is 6.17 Å². The lowest BCUT2D eigenvalue weighted by Crippen LogP contribution is -2.45. The number of nitrogens with two attached hydrogens (primary N) is 1. The standard InChI is InChI=1S/C9H20N2/c1-5-7-11(6-2)9(10)8(3)4/h5,8-9H,1,6-7,10H2,2-4H3. The Morgan fingerprint density at radius 1 is 1.55 bits per heavy atom. The molecule has 0 bridgehead atoms. The van der Waals surface area contributed by atoms with Gasteiger partial charge in [-0.2, -0.15) is 0 Å². The van der Waals surface area contributed by atoms with Crippen LogP contribution in [0, 0.1) is 5.92 Å². The fraction of sp³-hybridized carbons (Fsp3) is 0.778. The molecule has 0 fully saturated rings. The molecule has 66 valence electrons. The van der Waals surface area contributed by atoms with Crippen molar-refractivity contribution in [2.24, 2.45) is 11.7 Å². The highest BCUT2D eigenvalue weighted by Gasteiger charge is 2.13. The van der Waals surface area contributed by atoms with Gasteiger partial charge in [-0.25, -0.2) is 0 Å². The van der Waals surface area contributed by atoms with Gasteiger partial charge in [-0.1, -0.05) is 26.8 Å². The summed E-state index contributed by atoms with van der Waals surface area (Å²) in [6, 6.07) is 0. The predicted molar refractivity (Wildman–Crippen MR) is 50.3 cm³/mol. The molecule has 2 N–H and O–H groups in total. The minimum atomic E-state index is 0.165. The third-order valence-corrected chi connectivity index (χ3v) is 1.87. The van der Waals surface area contributed by atoms with Crippen molar-refractivity contribution >= 4 is 0 Å². The van der Waals surface area contributed by atoms with Crippen LogP contribution in [0.5, 0.6) is 0 Å². The second-order valence-corrected chi connectivity index (χ2v) is 3.11. The van der Waals surface area contributed by atoms with Gasteiger partial charge in [0.15, 0.2) is 0 Å². The molecule has 0 aliphatic rings. The molecule has 0 saturated carbocycles. The molecule has 0 heterocycles. The van der Waals surface area contributed by atoms with Crippen molar-refractivity contribution in [3.8, 4) is 0 Å². The van der Waals surface area contributed by atoms with Gasteiger partial charge < -0.3 is 5.73 Å². The molecule has 0 aromatic carbocycles. The fourth-order valence-corrected chi connectivity index (χ4v) is 1.05. The molecular formula is C9H20N2. The summed E-state index contributed by atoms with van der Waals surface area (Å²) in [4.78, 5) is 2.21. The molecule has 2 nitrogen and oxygen atoms in total. The highest BCUT2D eigenvalue weighted by molar-refractivity contribution is 4.77. The monoisotopic (exact) mass is 156 g/mol. The number of rotatable bonds is 5. The van der Waals surface area contributed by atoms with Gasteiger partial charge in [0.1, 0.15) is 0 Å². The molecule has 0 aromatic heterocycles. The van der Waals surface area contributed by atoms with Crippen LogP contribution in [0.15, 0.2) is 12.7 Å². The van der Waals surface area contributed by atoms with Gasteiger partial charge in [0.25, 0.3) is 0 Å². The summed E-state index contributed by atoms with van der Waals surface area (Å²) in [7, 11) is 0. The van der Waals surface area contributed by atoms with E-state index in [1.165, 1.54) is 0 Å². The highest BCUT2D eigenvalue weighted by atomic mass is 15.2. The molecule has 0 radical (unpaired) electrons. The summed E-state index contributed by atoms with van der Waals surface area (Å²) in [6.07, 6.45) is 2.06. The third-order valence-electron chi connectivity index (χ3n) is 1.87. The molecule has 11 heavy (non-hydrogen) atoms. The van der Waals surface area contributed by atoms with Crippen molar-refractivity contribution in [2.45, 2.75) is 26.9 Å². The number of hydrogen-bond donors (Lipinski definition) is 1. The van der Waals surface area contributed by atoms with E-state index in [2.05, 4.69) is 32.3 Å². The minimum absolute atomic E-state index is 0.165. The molecule has 0 rings (SSSR count). The Kier molecular flexibility index (Phi) is 5.16. The van der Waals surface area contributed by atoms with Crippen LogP contribution in [-0.2, 0) is 0 Å². The van der Waals surface area contributed by atoms with Gasteiger partial charge >= 0.3 is 0 Å². The molecule has 0 spiro atoms. The van der Waals surface area contributed by atoms with E-state index in [0.29, 0.717) is 5.92 Å². The Bertz CT molecular complexity index is 110. The van der Waals surface area contributed by atoms with Crippen molar-refractivity contribution in [1.82, 2.24) is 4.90 Å². The first kappa shape index (κ1) is 10.7. The first-order valence-corrected chi connectivity index (χ1v) is 4.24. The molecule has 2 heteroatoms. The maximum atomic E-state index is 5.94. The number of likely N-dealkylation sites (N-methyl/N-ethyl adjacent to an activating group) is 1. The average molecular weight is 156 g/mol. The maximum Gasteiger partial charge on any atom is 0.0598 e. The lowest BCUT2D eigenvalue weighted by Gasteiger charge is -2.29. The third kappa shape index (κ3) is 3.54. The first-order chi connectivity index (χ1) is 5.13.